The lowest BCUT2D eigenvalue weighted by Crippen LogP contribution is -2.23. The molecule has 0 aromatic rings. The van der Waals surface area contributed by atoms with E-state index in [0.29, 0.717) is 10.8 Å². The van der Waals surface area contributed by atoms with E-state index < -0.39 is 0 Å². The lowest BCUT2D eigenvalue weighted by Gasteiger charge is -2.37. The summed E-state index contributed by atoms with van der Waals surface area (Å²) in [6, 6.07) is 0. The van der Waals surface area contributed by atoms with E-state index in [1.165, 1.54) is 18.6 Å². The Morgan fingerprint density at radius 1 is 0.750 bits per heavy atom. The zero-order valence-corrected chi connectivity index (χ0v) is 13.9. The van der Waals surface area contributed by atoms with Gasteiger partial charge in [0.15, 0.2) is 0 Å². The lowest BCUT2D eigenvalue weighted by atomic mass is 9.78. The second-order valence-electron chi connectivity index (χ2n) is 8.65. The summed E-state index contributed by atoms with van der Waals surface area (Å²) in [4.78, 5) is 0. The van der Waals surface area contributed by atoms with Crippen molar-refractivity contribution in [2.45, 2.75) is 54.4 Å². The van der Waals surface area contributed by atoms with Gasteiger partial charge < -0.3 is 0 Å². The molecule has 0 saturated heterocycles. The summed E-state index contributed by atoms with van der Waals surface area (Å²) in [5.74, 6) is 2.33. The van der Waals surface area contributed by atoms with Crippen molar-refractivity contribution in [3.8, 4) is 0 Å². The summed E-state index contributed by atoms with van der Waals surface area (Å²) in [5.41, 5.74) is 0.946. The van der Waals surface area contributed by atoms with Crippen molar-refractivity contribution in [1.82, 2.24) is 0 Å². The maximum atomic E-state index is 2.45. The van der Waals surface area contributed by atoms with Crippen molar-refractivity contribution >= 4 is 10.0 Å². The van der Waals surface area contributed by atoms with Crippen LogP contribution in [0.1, 0.15) is 54.4 Å². The van der Waals surface area contributed by atoms with E-state index in [1.807, 2.05) is 0 Å². The summed E-state index contributed by atoms with van der Waals surface area (Å²) in [6.45, 7) is 14.3. The van der Waals surface area contributed by atoms with E-state index in [0.717, 1.165) is 5.92 Å². The molecule has 0 aliphatic rings. The molecule has 0 saturated carbocycles. The van der Waals surface area contributed by atoms with Crippen molar-refractivity contribution in [2.24, 2.45) is 16.7 Å². The van der Waals surface area contributed by atoms with Gasteiger partial charge in [0, 0.05) is 0 Å². The van der Waals surface area contributed by atoms with Crippen LogP contribution in [0, 0.1) is 16.7 Å². The Bertz CT molecular complexity index is 159. The second kappa shape index (κ2) is 5.33. The molecule has 0 N–H and O–H groups in total. The zero-order chi connectivity index (χ0) is 13.2. The van der Waals surface area contributed by atoms with Gasteiger partial charge in [-0.05, 0) is 54.1 Å². The first-order chi connectivity index (χ1) is 6.79. The van der Waals surface area contributed by atoms with Crippen molar-refractivity contribution < 1.29 is 0 Å². The highest BCUT2D eigenvalue weighted by Gasteiger charge is 2.26. The zero-order valence-electron chi connectivity index (χ0n) is 13.1. The minimum atomic E-state index is -0.368. The highest BCUT2D eigenvalue weighted by Crippen LogP contribution is 2.43. The first-order valence-electron chi connectivity index (χ1n) is 6.45. The maximum Gasteiger partial charge on any atom is -0.0206 e. The largest absolute Gasteiger partial charge is 0.249 e. The van der Waals surface area contributed by atoms with Crippen LogP contribution in [0.5, 0.6) is 0 Å². The Labute approximate surface area is 106 Å². The summed E-state index contributed by atoms with van der Waals surface area (Å²) < 4.78 is 0. The van der Waals surface area contributed by atoms with Gasteiger partial charge in [0.25, 0.3) is 0 Å². The van der Waals surface area contributed by atoms with E-state index >= 15 is 0 Å². The van der Waals surface area contributed by atoms with Gasteiger partial charge in [-0.3, -0.25) is 0 Å². The Morgan fingerprint density at radius 3 is 1.25 bits per heavy atom. The molecule has 0 bridgehead atoms. The monoisotopic (exact) mass is 246 g/mol. The minimum Gasteiger partial charge on any atom is -0.249 e. The predicted molar refractivity (Wildman–Crippen MR) is 81.9 cm³/mol. The van der Waals surface area contributed by atoms with E-state index in [1.54, 1.807) is 0 Å². The Kier molecular flexibility index (Phi) is 5.45. The molecule has 100 valence electrons. The molecule has 0 aliphatic carbocycles. The third kappa shape index (κ3) is 10.9. The van der Waals surface area contributed by atoms with Gasteiger partial charge in [-0.1, -0.05) is 41.5 Å². The van der Waals surface area contributed by atoms with Crippen molar-refractivity contribution in [2.75, 3.05) is 24.5 Å². The average Bonchev–Trinajstić information content (AvgIpc) is 1.70. The minimum absolute atomic E-state index is 0.368. The smallest absolute Gasteiger partial charge is 0.0206 e. The van der Waals surface area contributed by atoms with Gasteiger partial charge in [-0.2, -0.15) is 0 Å². The van der Waals surface area contributed by atoms with Crippen LogP contribution in [-0.2, 0) is 0 Å². The number of hydrogen-bond donors (Lipinski definition) is 0. The molecule has 0 aromatic heterocycles. The van der Waals surface area contributed by atoms with Crippen LogP contribution in [0.25, 0.3) is 0 Å². The van der Waals surface area contributed by atoms with Gasteiger partial charge >= 0.3 is 0 Å². The summed E-state index contributed by atoms with van der Waals surface area (Å²) in [7, 11) is -0.368. The van der Waals surface area contributed by atoms with Gasteiger partial charge in [-0.15, -0.1) is 0 Å². The quantitative estimate of drug-likeness (QED) is 0.642. The van der Waals surface area contributed by atoms with Crippen molar-refractivity contribution in [3.63, 3.8) is 0 Å². The molecule has 0 nitrogen and oxygen atoms in total. The van der Waals surface area contributed by atoms with Gasteiger partial charge in [0.05, 0.1) is 0 Å². The molecular weight excluding hydrogens is 212 g/mol. The van der Waals surface area contributed by atoms with Gasteiger partial charge in [-0.25, -0.2) is 10.0 Å². The van der Waals surface area contributed by atoms with Crippen LogP contribution in [0.2, 0.25) is 0 Å². The Balaban J connectivity index is 4.53. The molecule has 0 heterocycles. The fourth-order valence-corrected chi connectivity index (χ4v) is 4.28. The first-order valence-corrected chi connectivity index (χ1v) is 9.47. The van der Waals surface area contributed by atoms with Gasteiger partial charge in [0.1, 0.15) is 0 Å². The van der Waals surface area contributed by atoms with Gasteiger partial charge in [0.2, 0.25) is 0 Å². The van der Waals surface area contributed by atoms with Crippen LogP contribution >= 0.6 is 10.0 Å². The normalized spacial score (nSPS) is 15.6. The standard InChI is InChI=1S/C15H34S/c1-14(2,3)10-13(11-15(4,5)6)12-16(7,8)9/h13H,10-12H2,1-9H3. The van der Waals surface area contributed by atoms with Crippen LogP contribution in [-0.4, -0.2) is 24.5 Å². The molecule has 0 rings (SSSR count). The Morgan fingerprint density at radius 2 is 1.06 bits per heavy atom. The van der Waals surface area contributed by atoms with Crippen LogP contribution in [0.3, 0.4) is 0 Å². The molecule has 16 heavy (non-hydrogen) atoms. The summed E-state index contributed by atoms with van der Waals surface area (Å²) in [5, 5.41) is 0. The second-order valence-corrected chi connectivity index (χ2v) is 13.2. The van der Waals surface area contributed by atoms with Crippen LogP contribution in [0.4, 0.5) is 0 Å². The third-order valence-electron chi connectivity index (χ3n) is 2.54. The molecule has 0 aromatic carbocycles. The third-order valence-corrected chi connectivity index (χ3v) is 4.01. The topological polar surface area (TPSA) is 0 Å². The molecule has 0 unspecified atom stereocenters. The first kappa shape index (κ1) is 16.4. The van der Waals surface area contributed by atoms with Crippen LogP contribution in [0.15, 0.2) is 0 Å². The van der Waals surface area contributed by atoms with Crippen molar-refractivity contribution in [1.29, 1.82) is 0 Å². The predicted octanol–water partition coefficient (Wildman–Crippen LogP) is 5.17. The molecular formula is C15H34S. The van der Waals surface area contributed by atoms with E-state index in [2.05, 4.69) is 60.3 Å². The maximum absolute atomic E-state index is 2.45. The molecule has 0 radical (unpaired) electrons. The van der Waals surface area contributed by atoms with Crippen LogP contribution < -0.4 is 0 Å². The molecule has 1 heteroatoms. The van der Waals surface area contributed by atoms with Crippen molar-refractivity contribution in [3.05, 3.63) is 0 Å². The molecule has 0 fully saturated rings. The highest BCUT2D eigenvalue weighted by atomic mass is 32.3. The molecule has 0 amide bonds. The molecule has 0 atom stereocenters. The summed E-state index contributed by atoms with van der Waals surface area (Å²) >= 11 is 0. The van der Waals surface area contributed by atoms with E-state index in [4.69, 9.17) is 0 Å². The number of hydrogen-bond acceptors (Lipinski definition) is 0. The molecule has 0 spiro atoms. The SMILES string of the molecule is CC(C)(C)CC(CC(C)(C)C)CS(C)(C)C. The fraction of sp³-hybridized carbons (Fsp3) is 1.00. The lowest BCUT2D eigenvalue weighted by molar-refractivity contribution is 0.236. The summed E-state index contributed by atoms with van der Waals surface area (Å²) in [6.07, 6.45) is 10.1. The number of rotatable bonds is 4. The van der Waals surface area contributed by atoms with E-state index in [9.17, 15) is 0 Å². The highest BCUT2D eigenvalue weighted by molar-refractivity contribution is 8.32. The Hall–Kier alpha value is 0.350. The average molecular weight is 247 g/mol. The van der Waals surface area contributed by atoms with E-state index in [-0.39, 0.29) is 10.0 Å². The fourth-order valence-electron chi connectivity index (χ4n) is 2.63. The molecule has 0 aliphatic heterocycles.